The number of nitrogens with zero attached hydrogens (tertiary/aromatic N) is 5. The number of aromatic nitrogens is 3. The largest absolute Gasteiger partial charge is 0.382 e. The SMILES string of the molecule is N#Cc1c(N)ncnc1N1CCCC1c1cc2ccc(F)cc2nc1-c1ccccc1. The number of benzene rings is 2. The van der Waals surface area contributed by atoms with Gasteiger partial charge in [0.15, 0.2) is 5.82 Å². The quantitative estimate of drug-likeness (QED) is 0.530. The average Bonchev–Trinajstić information content (AvgIpc) is 3.28. The Hall–Kier alpha value is -4.05. The highest BCUT2D eigenvalue weighted by Gasteiger charge is 2.32. The highest BCUT2D eigenvalue weighted by molar-refractivity contribution is 5.84. The lowest BCUT2D eigenvalue weighted by Gasteiger charge is -2.28. The molecule has 1 saturated heterocycles. The predicted octanol–water partition coefficient (Wildman–Crippen LogP) is 4.63. The van der Waals surface area contributed by atoms with Crippen molar-refractivity contribution in [2.75, 3.05) is 17.2 Å². The van der Waals surface area contributed by atoms with Crippen LogP contribution < -0.4 is 10.6 Å². The van der Waals surface area contributed by atoms with Crippen LogP contribution in [0.25, 0.3) is 22.2 Å². The van der Waals surface area contributed by atoms with Crippen LogP contribution in [0, 0.1) is 17.1 Å². The Balaban J connectivity index is 1.71. The maximum Gasteiger partial charge on any atom is 0.152 e. The van der Waals surface area contributed by atoms with Gasteiger partial charge in [-0.2, -0.15) is 5.26 Å². The first-order chi connectivity index (χ1) is 15.2. The summed E-state index contributed by atoms with van der Waals surface area (Å²) < 4.78 is 13.9. The molecule has 1 unspecified atom stereocenters. The van der Waals surface area contributed by atoms with Crippen molar-refractivity contribution in [2.45, 2.75) is 18.9 Å². The van der Waals surface area contributed by atoms with Crippen LogP contribution in [0.4, 0.5) is 16.0 Å². The third-order valence-corrected chi connectivity index (χ3v) is 5.71. The number of halogens is 1. The van der Waals surface area contributed by atoms with Gasteiger partial charge in [0.25, 0.3) is 0 Å². The van der Waals surface area contributed by atoms with E-state index in [0.29, 0.717) is 11.3 Å². The Bertz CT molecular complexity index is 1320. The molecule has 0 spiro atoms. The van der Waals surface area contributed by atoms with Crippen LogP contribution in [0.5, 0.6) is 0 Å². The first-order valence-electron chi connectivity index (χ1n) is 10.1. The van der Waals surface area contributed by atoms with Crippen LogP contribution in [-0.2, 0) is 0 Å². The fourth-order valence-corrected chi connectivity index (χ4v) is 4.30. The van der Waals surface area contributed by atoms with E-state index in [0.717, 1.165) is 41.6 Å². The summed E-state index contributed by atoms with van der Waals surface area (Å²) in [5.74, 6) is 0.397. The molecule has 2 aromatic heterocycles. The van der Waals surface area contributed by atoms with E-state index in [1.165, 1.54) is 18.5 Å². The molecule has 0 amide bonds. The first-order valence-corrected chi connectivity index (χ1v) is 10.1. The van der Waals surface area contributed by atoms with E-state index < -0.39 is 0 Å². The molecule has 152 valence electrons. The predicted molar refractivity (Wildman–Crippen MR) is 118 cm³/mol. The fraction of sp³-hybridized carbons (Fsp3) is 0.167. The van der Waals surface area contributed by atoms with Gasteiger partial charge in [0.05, 0.1) is 17.3 Å². The zero-order valence-corrected chi connectivity index (χ0v) is 16.7. The minimum absolute atomic E-state index is 0.0430. The molecule has 3 heterocycles. The lowest BCUT2D eigenvalue weighted by atomic mass is 9.96. The van der Waals surface area contributed by atoms with Crippen molar-refractivity contribution in [3.63, 3.8) is 0 Å². The summed E-state index contributed by atoms with van der Waals surface area (Å²) in [4.78, 5) is 15.3. The van der Waals surface area contributed by atoms with Crippen LogP contribution in [-0.4, -0.2) is 21.5 Å². The molecule has 1 aliphatic heterocycles. The lowest BCUT2D eigenvalue weighted by molar-refractivity contribution is 0.629. The van der Waals surface area contributed by atoms with Gasteiger partial charge >= 0.3 is 0 Å². The summed E-state index contributed by atoms with van der Waals surface area (Å²) in [6, 6.07) is 18.7. The molecule has 2 N–H and O–H groups in total. The molecule has 4 aromatic rings. The Morgan fingerprint density at radius 2 is 1.94 bits per heavy atom. The molecule has 31 heavy (non-hydrogen) atoms. The zero-order chi connectivity index (χ0) is 21.4. The van der Waals surface area contributed by atoms with Gasteiger partial charge in [-0.3, -0.25) is 0 Å². The lowest BCUT2D eigenvalue weighted by Crippen LogP contribution is -2.25. The Kier molecular flexibility index (Phi) is 4.68. The van der Waals surface area contributed by atoms with E-state index in [2.05, 4.69) is 27.0 Å². The zero-order valence-electron chi connectivity index (χ0n) is 16.7. The maximum absolute atomic E-state index is 13.9. The number of hydrogen-bond donors (Lipinski definition) is 1. The van der Waals surface area contributed by atoms with Crippen molar-refractivity contribution in [3.05, 3.63) is 77.9 Å². The van der Waals surface area contributed by atoms with E-state index in [9.17, 15) is 9.65 Å². The summed E-state index contributed by atoms with van der Waals surface area (Å²) in [7, 11) is 0. The van der Waals surface area contributed by atoms with E-state index in [4.69, 9.17) is 10.7 Å². The number of nitrogens with two attached hydrogens (primary N) is 1. The molecule has 0 aliphatic carbocycles. The Morgan fingerprint density at radius 1 is 1.10 bits per heavy atom. The third kappa shape index (κ3) is 3.32. The second kappa shape index (κ2) is 7.65. The first kappa shape index (κ1) is 18.9. The topological polar surface area (TPSA) is 91.7 Å². The van der Waals surface area contributed by atoms with Gasteiger partial charge in [-0.15, -0.1) is 0 Å². The molecule has 1 aliphatic rings. The smallest absolute Gasteiger partial charge is 0.152 e. The Morgan fingerprint density at radius 3 is 2.74 bits per heavy atom. The highest BCUT2D eigenvalue weighted by Crippen LogP contribution is 2.41. The van der Waals surface area contributed by atoms with Gasteiger partial charge in [-0.1, -0.05) is 30.3 Å². The van der Waals surface area contributed by atoms with Gasteiger partial charge in [-0.25, -0.2) is 19.3 Å². The van der Waals surface area contributed by atoms with E-state index >= 15 is 0 Å². The number of rotatable bonds is 3. The van der Waals surface area contributed by atoms with E-state index in [1.54, 1.807) is 6.07 Å². The highest BCUT2D eigenvalue weighted by atomic mass is 19.1. The van der Waals surface area contributed by atoms with Crippen LogP contribution in [0.3, 0.4) is 0 Å². The third-order valence-electron chi connectivity index (χ3n) is 5.71. The van der Waals surface area contributed by atoms with Crippen LogP contribution in [0.15, 0.2) is 60.9 Å². The molecule has 6 nitrogen and oxygen atoms in total. The maximum atomic E-state index is 13.9. The average molecular weight is 410 g/mol. The summed E-state index contributed by atoms with van der Waals surface area (Å²) in [5, 5.41) is 10.5. The molecule has 2 aromatic carbocycles. The monoisotopic (exact) mass is 410 g/mol. The van der Waals surface area contributed by atoms with Crippen molar-refractivity contribution in [3.8, 4) is 17.3 Å². The summed E-state index contributed by atoms with van der Waals surface area (Å²) in [6.07, 6.45) is 3.21. The summed E-state index contributed by atoms with van der Waals surface area (Å²) in [6.45, 7) is 0.742. The number of pyridine rings is 1. The van der Waals surface area contributed by atoms with Gasteiger partial charge in [-0.05, 0) is 31.0 Å². The summed E-state index contributed by atoms with van der Waals surface area (Å²) in [5.41, 5.74) is 9.61. The minimum Gasteiger partial charge on any atom is -0.382 e. The summed E-state index contributed by atoms with van der Waals surface area (Å²) >= 11 is 0. The molecular weight excluding hydrogens is 391 g/mol. The standard InChI is InChI=1S/C24H19FN6/c25-17-9-8-16-11-18(22(30-20(16)12-17)15-5-2-1-3-6-15)21-7-4-10-31(21)24-19(13-26)23(27)28-14-29-24/h1-3,5-6,8-9,11-12,14,21H,4,7,10H2,(H2,27,28,29). The van der Waals surface area contributed by atoms with Gasteiger partial charge in [0.2, 0.25) is 0 Å². The van der Waals surface area contributed by atoms with Gasteiger partial charge in [0.1, 0.15) is 29.6 Å². The number of anilines is 2. The van der Waals surface area contributed by atoms with Gasteiger partial charge < -0.3 is 10.6 Å². The molecule has 1 fully saturated rings. The number of nitrogen functional groups attached to an aromatic ring is 1. The van der Waals surface area contributed by atoms with E-state index in [-0.39, 0.29) is 23.2 Å². The molecule has 7 heteroatoms. The normalized spacial score (nSPS) is 15.9. The molecular formula is C24H19FN6. The molecule has 5 rings (SSSR count). The van der Waals surface area contributed by atoms with Crippen molar-refractivity contribution in [1.29, 1.82) is 5.26 Å². The molecule has 1 atom stereocenters. The van der Waals surface area contributed by atoms with Crippen LogP contribution in [0.2, 0.25) is 0 Å². The van der Waals surface area contributed by atoms with E-state index in [1.807, 2.05) is 30.3 Å². The van der Waals surface area contributed by atoms with Crippen molar-refractivity contribution >= 4 is 22.5 Å². The number of fused-ring (bicyclic) bond motifs is 1. The molecule has 0 radical (unpaired) electrons. The minimum atomic E-state index is -0.315. The second-order valence-electron chi connectivity index (χ2n) is 7.55. The van der Waals surface area contributed by atoms with Crippen molar-refractivity contribution in [1.82, 2.24) is 15.0 Å². The van der Waals surface area contributed by atoms with Crippen LogP contribution in [0.1, 0.15) is 30.0 Å². The van der Waals surface area contributed by atoms with Crippen molar-refractivity contribution in [2.24, 2.45) is 0 Å². The van der Waals surface area contributed by atoms with Crippen LogP contribution >= 0.6 is 0 Å². The number of hydrogen-bond acceptors (Lipinski definition) is 6. The molecule has 0 bridgehead atoms. The number of nitriles is 1. The molecule has 0 saturated carbocycles. The van der Waals surface area contributed by atoms with Gasteiger partial charge in [0, 0.05) is 29.1 Å². The fourth-order valence-electron chi connectivity index (χ4n) is 4.30. The Labute approximate surface area is 178 Å². The second-order valence-corrected chi connectivity index (χ2v) is 7.55. The van der Waals surface area contributed by atoms with Crippen molar-refractivity contribution < 1.29 is 4.39 Å².